The molecule has 0 aliphatic carbocycles. The van der Waals surface area contributed by atoms with Gasteiger partial charge in [-0.3, -0.25) is 0 Å². The van der Waals surface area contributed by atoms with Gasteiger partial charge in [0.15, 0.2) is 6.33 Å². The van der Waals surface area contributed by atoms with Crippen molar-refractivity contribution in [1.29, 1.82) is 0 Å². The number of rotatable bonds is 0. The molecule has 4 nitrogen and oxygen atoms in total. The molecular formula is CH3N4P. The van der Waals surface area contributed by atoms with Gasteiger partial charge in [0.2, 0.25) is 0 Å². The number of tetrazole rings is 1. The highest BCUT2D eigenvalue weighted by Gasteiger charge is 1.72. The van der Waals surface area contributed by atoms with E-state index in [1.54, 1.807) is 0 Å². The predicted octanol–water partition coefficient (Wildman–Crippen LogP) is -0.689. The Bertz CT molecular complexity index is 111. The van der Waals surface area contributed by atoms with E-state index in [2.05, 4.69) is 24.8 Å². The number of hydrogen-bond donors (Lipinski definition) is 0. The Kier molecular flexibility index (Phi) is 0.801. The third kappa shape index (κ3) is 0.518. The number of hydrogen-bond acceptors (Lipinski definition) is 3. The van der Waals surface area contributed by atoms with Crippen molar-refractivity contribution in [2.24, 2.45) is 0 Å². The average Bonchev–Trinajstić information content (AvgIpc) is 1.86. The molecule has 0 saturated carbocycles. The van der Waals surface area contributed by atoms with Crippen molar-refractivity contribution < 1.29 is 0 Å². The number of aromatic nitrogens is 4. The second-order valence-electron chi connectivity index (χ2n) is 0.756. The first-order valence-corrected chi connectivity index (χ1v) is 1.89. The molecule has 0 spiro atoms. The molecule has 1 aromatic rings. The van der Waals surface area contributed by atoms with E-state index < -0.39 is 0 Å². The van der Waals surface area contributed by atoms with Crippen LogP contribution in [0.1, 0.15) is 0 Å². The molecule has 6 heavy (non-hydrogen) atoms. The Balaban J connectivity index is 3.05. The van der Waals surface area contributed by atoms with E-state index >= 15 is 0 Å². The smallest absolute Gasteiger partial charge is 0.151 e. The standard InChI is InChI=1S/CH3N4P/c6-5-3-1-2-4-5/h1H,6H2. The molecule has 0 aromatic carbocycles. The van der Waals surface area contributed by atoms with Crippen LogP contribution in [0.2, 0.25) is 0 Å². The second kappa shape index (κ2) is 1.30. The van der Waals surface area contributed by atoms with Crippen LogP contribution in [-0.2, 0) is 0 Å². The third-order valence-electron chi connectivity index (χ3n) is 0.365. The largest absolute Gasteiger partial charge is 0.162 e. The molecule has 1 aromatic heterocycles. The summed E-state index contributed by atoms with van der Waals surface area (Å²) in [6, 6.07) is 0. The van der Waals surface area contributed by atoms with Crippen LogP contribution < -0.4 is 0 Å². The zero-order chi connectivity index (χ0) is 4.41. The van der Waals surface area contributed by atoms with Gasteiger partial charge < -0.3 is 0 Å². The van der Waals surface area contributed by atoms with Gasteiger partial charge in [0.25, 0.3) is 0 Å². The molecule has 0 aliphatic heterocycles. The van der Waals surface area contributed by atoms with Gasteiger partial charge in [0.05, 0.1) is 0 Å². The molecular weight excluding hydrogens is 99.0 g/mol. The SMILES string of the molecule is Pn1ncnn1. The molecule has 0 radical (unpaired) electrons. The van der Waals surface area contributed by atoms with Crippen molar-refractivity contribution in [3.63, 3.8) is 0 Å². The summed E-state index contributed by atoms with van der Waals surface area (Å²) in [6.07, 6.45) is 1.37. The van der Waals surface area contributed by atoms with Gasteiger partial charge in [-0.15, -0.1) is 10.2 Å². The van der Waals surface area contributed by atoms with Gasteiger partial charge in [0.1, 0.15) is 0 Å². The van der Waals surface area contributed by atoms with Crippen molar-refractivity contribution in [3.05, 3.63) is 6.33 Å². The zero-order valence-corrected chi connectivity index (χ0v) is 4.10. The minimum Gasteiger partial charge on any atom is -0.151 e. The highest BCUT2D eigenvalue weighted by atomic mass is 31.0. The average molecular weight is 102 g/mol. The van der Waals surface area contributed by atoms with Gasteiger partial charge >= 0.3 is 0 Å². The summed E-state index contributed by atoms with van der Waals surface area (Å²) in [5.41, 5.74) is 0. The fraction of sp³-hybridized carbons (Fsp3) is 0. The Morgan fingerprint density at radius 2 is 2.50 bits per heavy atom. The van der Waals surface area contributed by atoms with Crippen LogP contribution >= 0.6 is 9.39 Å². The summed E-state index contributed by atoms with van der Waals surface area (Å²) < 4.78 is 1.31. The van der Waals surface area contributed by atoms with Crippen LogP contribution in [0.4, 0.5) is 0 Å². The summed E-state index contributed by atoms with van der Waals surface area (Å²) in [5.74, 6) is 0. The zero-order valence-electron chi connectivity index (χ0n) is 2.94. The molecule has 1 rings (SSSR count). The molecule has 0 amide bonds. The van der Waals surface area contributed by atoms with Crippen LogP contribution in [0.25, 0.3) is 0 Å². The van der Waals surface area contributed by atoms with Gasteiger partial charge in [-0.1, -0.05) is 0 Å². The minimum atomic E-state index is 1.31. The first kappa shape index (κ1) is 3.68. The lowest BCUT2D eigenvalue weighted by atomic mass is 11.4. The van der Waals surface area contributed by atoms with Crippen molar-refractivity contribution in [2.75, 3.05) is 0 Å². The van der Waals surface area contributed by atoms with E-state index in [1.165, 1.54) is 10.9 Å². The Morgan fingerprint density at radius 1 is 1.67 bits per heavy atom. The molecule has 1 heterocycles. The topological polar surface area (TPSA) is 43.6 Å². The van der Waals surface area contributed by atoms with E-state index in [0.717, 1.165) is 0 Å². The Labute approximate surface area is 36.8 Å². The maximum absolute atomic E-state index is 3.57. The van der Waals surface area contributed by atoms with E-state index in [0.29, 0.717) is 0 Å². The molecule has 32 valence electrons. The lowest BCUT2D eigenvalue weighted by Gasteiger charge is -1.71. The fourth-order valence-corrected chi connectivity index (χ4v) is 0.294. The van der Waals surface area contributed by atoms with Crippen LogP contribution in [0.15, 0.2) is 6.33 Å². The summed E-state index contributed by atoms with van der Waals surface area (Å²) in [7, 11) is 2.25. The first-order valence-electron chi connectivity index (χ1n) is 1.37. The molecule has 1 unspecified atom stereocenters. The maximum atomic E-state index is 3.57. The van der Waals surface area contributed by atoms with E-state index in [4.69, 9.17) is 0 Å². The predicted molar refractivity (Wildman–Crippen MR) is 22.9 cm³/mol. The van der Waals surface area contributed by atoms with Crippen molar-refractivity contribution in [2.45, 2.75) is 0 Å². The minimum absolute atomic E-state index is 1.31. The van der Waals surface area contributed by atoms with Gasteiger partial charge in [-0.05, 0) is 5.21 Å². The Morgan fingerprint density at radius 3 is 2.67 bits per heavy atom. The monoisotopic (exact) mass is 102 g/mol. The summed E-state index contributed by atoms with van der Waals surface area (Å²) in [6.45, 7) is 0. The van der Waals surface area contributed by atoms with Gasteiger partial charge in [0, 0.05) is 9.39 Å². The normalized spacial score (nSPS) is 8.83. The van der Waals surface area contributed by atoms with Gasteiger partial charge in [-0.2, -0.15) is 4.57 Å². The summed E-state index contributed by atoms with van der Waals surface area (Å²) in [4.78, 5) is 0. The van der Waals surface area contributed by atoms with Crippen LogP contribution in [0.3, 0.4) is 0 Å². The third-order valence-corrected chi connectivity index (χ3v) is 0.601. The summed E-state index contributed by atoms with van der Waals surface area (Å²) in [5, 5.41) is 10.4. The fourth-order valence-electron chi connectivity index (χ4n) is 0.175. The van der Waals surface area contributed by atoms with Gasteiger partial charge in [-0.25, -0.2) is 0 Å². The molecule has 0 saturated heterocycles. The number of nitrogens with zero attached hydrogens (tertiary/aromatic N) is 4. The molecule has 1 atom stereocenters. The van der Waals surface area contributed by atoms with Crippen molar-refractivity contribution in [1.82, 2.24) is 20.0 Å². The lowest BCUT2D eigenvalue weighted by Crippen LogP contribution is -1.80. The first-order chi connectivity index (χ1) is 2.89. The van der Waals surface area contributed by atoms with Crippen LogP contribution in [0, 0.1) is 0 Å². The quantitative estimate of drug-likeness (QED) is 0.407. The molecule has 0 bridgehead atoms. The van der Waals surface area contributed by atoms with E-state index in [-0.39, 0.29) is 0 Å². The highest BCUT2D eigenvalue weighted by molar-refractivity contribution is 7.14. The second-order valence-corrected chi connectivity index (χ2v) is 1.22. The van der Waals surface area contributed by atoms with Crippen LogP contribution in [-0.4, -0.2) is 20.0 Å². The highest BCUT2D eigenvalue weighted by Crippen LogP contribution is 1.75. The molecule has 0 aliphatic rings. The van der Waals surface area contributed by atoms with Crippen molar-refractivity contribution in [3.8, 4) is 0 Å². The van der Waals surface area contributed by atoms with E-state index in [9.17, 15) is 0 Å². The lowest BCUT2D eigenvalue weighted by molar-refractivity contribution is 0.818. The molecule has 0 N–H and O–H groups in total. The van der Waals surface area contributed by atoms with E-state index in [1.807, 2.05) is 0 Å². The molecule has 5 heteroatoms. The summed E-state index contributed by atoms with van der Waals surface area (Å²) >= 11 is 0. The van der Waals surface area contributed by atoms with Crippen molar-refractivity contribution >= 4 is 9.39 Å². The van der Waals surface area contributed by atoms with Crippen LogP contribution in [0.5, 0.6) is 0 Å². The maximum Gasteiger partial charge on any atom is 0.162 e. The Hall–Kier alpha value is -0.500. The molecule has 0 fully saturated rings.